The number of nitrogen functional groups attached to an aromatic ring is 1. The fourth-order valence-corrected chi connectivity index (χ4v) is 4.22. The quantitative estimate of drug-likeness (QED) is 0.430. The van der Waals surface area contributed by atoms with Crippen LogP contribution in [0.2, 0.25) is 0 Å². The molecule has 0 spiro atoms. The average Bonchev–Trinajstić information content (AvgIpc) is 3.31. The summed E-state index contributed by atoms with van der Waals surface area (Å²) in [6.07, 6.45) is 0. The van der Waals surface area contributed by atoms with Crippen molar-refractivity contribution >= 4 is 40.4 Å². The maximum Gasteiger partial charge on any atom is 0.234 e. The van der Waals surface area contributed by atoms with Crippen LogP contribution in [-0.4, -0.2) is 39.1 Å². The first-order chi connectivity index (χ1) is 13.5. The van der Waals surface area contributed by atoms with Gasteiger partial charge in [-0.2, -0.15) is 0 Å². The summed E-state index contributed by atoms with van der Waals surface area (Å²) in [6, 6.07) is 12.2. The normalized spacial score (nSPS) is 11.0. The number of hydrogen-bond donors (Lipinski definition) is 2. The fourth-order valence-electron chi connectivity index (χ4n) is 2.86. The second-order valence-corrected chi connectivity index (χ2v) is 8.31. The molecule has 0 bridgehead atoms. The number of hydrogen-bond acceptors (Lipinski definition) is 7. The molecule has 0 atom stereocenters. The Morgan fingerprint density at radius 2 is 2.04 bits per heavy atom. The van der Waals surface area contributed by atoms with E-state index in [0.29, 0.717) is 17.0 Å². The van der Waals surface area contributed by atoms with E-state index in [1.165, 1.54) is 16.4 Å². The van der Waals surface area contributed by atoms with Gasteiger partial charge in [-0.25, -0.2) is 4.68 Å². The lowest BCUT2D eigenvalue weighted by molar-refractivity contribution is -0.113. The van der Waals surface area contributed by atoms with E-state index in [1.54, 1.807) is 11.3 Å². The van der Waals surface area contributed by atoms with Crippen LogP contribution in [0.15, 0.2) is 46.9 Å². The van der Waals surface area contributed by atoms with Crippen molar-refractivity contribution in [3.63, 3.8) is 0 Å². The van der Waals surface area contributed by atoms with Gasteiger partial charge in [0.2, 0.25) is 11.1 Å². The Labute approximate surface area is 172 Å². The molecule has 0 aliphatic heterocycles. The van der Waals surface area contributed by atoms with Crippen molar-refractivity contribution in [2.75, 3.05) is 28.4 Å². The SMILES string of the molecule is CCN(c1ccc(NC(=O)CSc2nnc(-c3cccs3)n2N)cc1)C(C)C. The number of amides is 1. The third-order valence-corrected chi connectivity index (χ3v) is 5.99. The minimum atomic E-state index is -0.116. The molecule has 0 aliphatic rings. The summed E-state index contributed by atoms with van der Waals surface area (Å²) in [7, 11) is 0. The first kappa shape index (κ1) is 20.2. The number of rotatable bonds is 8. The lowest BCUT2D eigenvalue weighted by Crippen LogP contribution is -2.30. The van der Waals surface area contributed by atoms with Crippen LogP contribution >= 0.6 is 23.1 Å². The van der Waals surface area contributed by atoms with Gasteiger partial charge in [0.05, 0.1) is 10.6 Å². The van der Waals surface area contributed by atoms with Crippen molar-refractivity contribution in [2.24, 2.45) is 0 Å². The summed E-state index contributed by atoms with van der Waals surface area (Å²) >= 11 is 2.80. The molecule has 0 fully saturated rings. The summed E-state index contributed by atoms with van der Waals surface area (Å²) < 4.78 is 1.42. The third kappa shape index (κ3) is 4.66. The molecule has 0 saturated heterocycles. The van der Waals surface area contributed by atoms with Crippen molar-refractivity contribution in [2.45, 2.75) is 32.0 Å². The standard InChI is InChI=1S/C19H24N6OS2/c1-4-24(13(2)3)15-9-7-14(8-10-15)21-17(26)12-28-19-23-22-18(25(19)20)16-6-5-11-27-16/h5-11,13H,4,12,20H2,1-3H3,(H,21,26). The van der Waals surface area contributed by atoms with E-state index in [4.69, 9.17) is 5.84 Å². The Bertz CT molecular complexity index is 905. The molecule has 148 valence electrons. The van der Waals surface area contributed by atoms with E-state index in [-0.39, 0.29) is 11.7 Å². The Morgan fingerprint density at radius 3 is 2.64 bits per heavy atom. The van der Waals surface area contributed by atoms with Gasteiger partial charge in [0.1, 0.15) is 0 Å². The van der Waals surface area contributed by atoms with E-state index in [0.717, 1.165) is 22.8 Å². The molecular weight excluding hydrogens is 392 g/mol. The van der Waals surface area contributed by atoms with E-state index < -0.39 is 0 Å². The fraction of sp³-hybridized carbons (Fsp3) is 0.316. The highest BCUT2D eigenvalue weighted by atomic mass is 32.2. The van der Waals surface area contributed by atoms with Gasteiger partial charge in [-0.1, -0.05) is 17.8 Å². The van der Waals surface area contributed by atoms with Gasteiger partial charge in [0.15, 0.2) is 5.82 Å². The third-order valence-electron chi connectivity index (χ3n) is 4.19. The first-order valence-electron chi connectivity index (χ1n) is 9.03. The largest absolute Gasteiger partial charge is 0.369 e. The number of thioether (sulfide) groups is 1. The van der Waals surface area contributed by atoms with Gasteiger partial charge in [-0.15, -0.1) is 21.5 Å². The minimum Gasteiger partial charge on any atom is -0.369 e. The number of nitrogens with one attached hydrogen (secondary N) is 1. The maximum absolute atomic E-state index is 12.3. The van der Waals surface area contributed by atoms with Crippen LogP contribution in [0.5, 0.6) is 0 Å². The highest BCUT2D eigenvalue weighted by molar-refractivity contribution is 7.99. The topological polar surface area (TPSA) is 89.1 Å². The molecule has 2 aromatic heterocycles. The van der Waals surface area contributed by atoms with Crippen molar-refractivity contribution in [1.82, 2.24) is 14.9 Å². The first-order valence-corrected chi connectivity index (χ1v) is 10.9. The van der Waals surface area contributed by atoms with E-state index >= 15 is 0 Å². The molecule has 2 heterocycles. The molecule has 1 amide bonds. The van der Waals surface area contributed by atoms with Crippen LogP contribution in [0.4, 0.5) is 11.4 Å². The molecule has 3 N–H and O–H groups in total. The Kier molecular flexibility index (Phi) is 6.58. The molecule has 0 saturated carbocycles. The Hall–Kier alpha value is -2.52. The van der Waals surface area contributed by atoms with Gasteiger partial charge in [-0.3, -0.25) is 4.79 Å². The van der Waals surface area contributed by atoms with Gasteiger partial charge < -0.3 is 16.1 Å². The second kappa shape index (κ2) is 9.11. The number of carbonyl (C=O) groups is 1. The molecule has 28 heavy (non-hydrogen) atoms. The Morgan fingerprint density at radius 1 is 1.29 bits per heavy atom. The molecule has 9 heteroatoms. The monoisotopic (exact) mass is 416 g/mol. The van der Waals surface area contributed by atoms with Crippen molar-refractivity contribution in [3.8, 4) is 10.7 Å². The molecular formula is C19H24N6OS2. The molecule has 0 unspecified atom stereocenters. The predicted molar refractivity (Wildman–Crippen MR) is 117 cm³/mol. The van der Waals surface area contributed by atoms with Crippen LogP contribution < -0.4 is 16.1 Å². The minimum absolute atomic E-state index is 0.116. The zero-order chi connectivity index (χ0) is 20.1. The molecule has 0 radical (unpaired) electrons. The van der Waals surface area contributed by atoms with Crippen molar-refractivity contribution in [3.05, 3.63) is 41.8 Å². The molecule has 0 aliphatic carbocycles. The van der Waals surface area contributed by atoms with Crippen LogP contribution in [0.1, 0.15) is 20.8 Å². The van der Waals surface area contributed by atoms with Crippen LogP contribution in [-0.2, 0) is 4.79 Å². The summed E-state index contributed by atoms with van der Waals surface area (Å²) in [4.78, 5) is 15.5. The lowest BCUT2D eigenvalue weighted by atomic mass is 10.2. The predicted octanol–water partition coefficient (Wildman–Crippen LogP) is 3.69. The highest BCUT2D eigenvalue weighted by Crippen LogP contribution is 2.25. The van der Waals surface area contributed by atoms with E-state index in [2.05, 4.69) is 41.2 Å². The molecule has 3 rings (SSSR count). The highest BCUT2D eigenvalue weighted by Gasteiger charge is 2.14. The smallest absolute Gasteiger partial charge is 0.234 e. The summed E-state index contributed by atoms with van der Waals surface area (Å²) in [5.41, 5.74) is 1.91. The summed E-state index contributed by atoms with van der Waals surface area (Å²) in [6.45, 7) is 7.40. The number of thiophene rings is 1. The number of aromatic nitrogens is 3. The summed E-state index contributed by atoms with van der Waals surface area (Å²) in [5.74, 6) is 6.74. The number of carbonyl (C=O) groups excluding carboxylic acids is 1. The zero-order valence-electron chi connectivity index (χ0n) is 16.1. The maximum atomic E-state index is 12.3. The van der Waals surface area contributed by atoms with Crippen LogP contribution in [0.25, 0.3) is 10.7 Å². The lowest BCUT2D eigenvalue weighted by Gasteiger charge is -2.27. The summed E-state index contributed by atoms with van der Waals surface area (Å²) in [5, 5.41) is 13.6. The molecule has 7 nitrogen and oxygen atoms in total. The van der Waals surface area contributed by atoms with Crippen molar-refractivity contribution < 1.29 is 4.79 Å². The zero-order valence-corrected chi connectivity index (χ0v) is 17.8. The Balaban J connectivity index is 1.56. The second-order valence-electron chi connectivity index (χ2n) is 6.42. The number of anilines is 2. The number of nitrogens with two attached hydrogens (primary N) is 1. The number of benzene rings is 1. The van der Waals surface area contributed by atoms with E-state index in [9.17, 15) is 4.79 Å². The van der Waals surface area contributed by atoms with Gasteiger partial charge >= 0.3 is 0 Å². The van der Waals surface area contributed by atoms with Crippen molar-refractivity contribution in [1.29, 1.82) is 0 Å². The average molecular weight is 417 g/mol. The van der Waals surface area contributed by atoms with E-state index in [1.807, 2.05) is 41.8 Å². The van der Waals surface area contributed by atoms with Gasteiger partial charge in [0.25, 0.3) is 0 Å². The number of nitrogens with zero attached hydrogens (tertiary/aromatic N) is 4. The molecule has 1 aromatic carbocycles. The van der Waals surface area contributed by atoms with Crippen LogP contribution in [0, 0.1) is 0 Å². The van der Waals surface area contributed by atoms with Gasteiger partial charge in [-0.05, 0) is 56.5 Å². The van der Waals surface area contributed by atoms with Crippen LogP contribution in [0.3, 0.4) is 0 Å². The molecule has 3 aromatic rings. The van der Waals surface area contributed by atoms with Gasteiger partial charge in [0, 0.05) is 24.0 Å².